The highest BCUT2D eigenvalue weighted by Gasteiger charge is 2.41. The van der Waals surface area contributed by atoms with Crippen LogP contribution in [0.1, 0.15) is 99.0 Å². The van der Waals surface area contributed by atoms with Gasteiger partial charge in [-0.15, -0.1) is 0 Å². The van der Waals surface area contributed by atoms with Crippen molar-refractivity contribution in [2.45, 2.75) is 148 Å². The maximum Gasteiger partial charge on any atom is 0.429 e. The lowest BCUT2D eigenvalue weighted by molar-refractivity contribution is -0.144. The van der Waals surface area contributed by atoms with Gasteiger partial charge in [0.25, 0.3) is 5.91 Å². The minimum Gasteiger partial charge on any atom is -0.481 e. The van der Waals surface area contributed by atoms with Crippen LogP contribution in [-0.4, -0.2) is 163 Å². The zero-order chi connectivity index (χ0) is 53.7. The average Bonchev–Trinajstić information content (AvgIpc) is 3.78. The molecule has 0 aliphatic carbocycles. The smallest absolute Gasteiger partial charge is 0.429 e. The number of amides is 9. The number of benzene rings is 1. The number of aliphatic hydroxyl groups excluding tert-OH is 1. The fraction of sp³-hybridized carbons (Fsp3) is 0.600. The van der Waals surface area contributed by atoms with Crippen LogP contribution in [0, 0.1) is 11.8 Å². The lowest BCUT2D eigenvalue weighted by Gasteiger charge is -2.33. The molecule has 394 valence electrons. The molecular weight excluding hydrogens is 939 g/mol. The number of aliphatic carboxylic acids is 3. The van der Waals surface area contributed by atoms with E-state index in [2.05, 4.69) is 37.3 Å². The average molecular weight is 1010 g/mol. The Morgan fingerprint density at radius 2 is 1.18 bits per heavy atom. The highest BCUT2D eigenvalue weighted by molar-refractivity contribution is 5.99. The quantitative estimate of drug-likeness (QED) is 0.0447. The van der Waals surface area contributed by atoms with Gasteiger partial charge in [-0.05, 0) is 50.0 Å². The fourth-order valence-corrected chi connectivity index (χ4v) is 7.19. The first-order chi connectivity index (χ1) is 33.3. The van der Waals surface area contributed by atoms with E-state index in [0.717, 1.165) is 24.4 Å². The van der Waals surface area contributed by atoms with E-state index in [9.17, 15) is 78.0 Å². The molecule has 0 saturated carbocycles. The zero-order valence-corrected chi connectivity index (χ0v) is 40.7. The van der Waals surface area contributed by atoms with Crippen LogP contribution in [0.25, 0.3) is 0 Å². The van der Waals surface area contributed by atoms with Crippen LogP contribution in [0.15, 0.2) is 30.3 Å². The number of nitrogens with zero attached hydrogens (tertiary/aromatic N) is 2. The van der Waals surface area contributed by atoms with Crippen molar-refractivity contribution in [3.05, 3.63) is 35.9 Å². The van der Waals surface area contributed by atoms with E-state index in [1.54, 1.807) is 51.1 Å². The summed E-state index contributed by atoms with van der Waals surface area (Å²) in [4.78, 5) is 156. The second-order valence-corrected chi connectivity index (χ2v) is 17.5. The number of hydrazine groups is 1. The standard InChI is InChI=1S/C45H67N9O17/c1-8-18-54(45(70)71-22-27-13-10-9-11-14-27)52-41(66)31-15-12-19-53(31)44(69)36(24(4)5)50-42(67)35(23(2)3)49-40(65)30(21-34(61)62)48-38(63)28(16-17-32(57)58)47-43(68)37(25(6)55)51-39(64)29(20-33(59)60)46-26(7)56/h9-11,13-14,23-25,28-31,35-37,55H,8,12,15-22H2,1-7H3,(H,46,56)(H,47,68)(H,48,63)(H,49,65)(H,50,67)(H,51,64)(H,52,66)(H,57,58)(H,59,60)(H,61,62)/t25-,28+,29+,30+,31+,35+,36+,37+/m1/s1. The third-order valence-electron chi connectivity index (χ3n) is 10.9. The van der Waals surface area contributed by atoms with Gasteiger partial charge in [-0.25, -0.2) is 9.80 Å². The number of carbonyl (C=O) groups excluding carboxylic acids is 9. The van der Waals surface area contributed by atoms with Gasteiger partial charge in [-0.3, -0.25) is 58.2 Å². The number of carboxylic acid groups (broad SMARTS) is 3. The van der Waals surface area contributed by atoms with Crippen molar-refractivity contribution in [2.24, 2.45) is 11.8 Å². The summed E-state index contributed by atoms with van der Waals surface area (Å²) in [7, 11) is 0. The van der Waals surface area contributed by atoms with Crippen LogP contribution in [-0.2, 0) is 64.1 Å². The number of carbonyl (C=O) groups is 12. The molecule has 0 spiro atoms. The molecule has 1 heterocycles. The van der Waals surface area contributed by atoms with Crippen LogP contribution in [0.3, 0.4) is 0 Å². The summed E-state index contributed by atoms with van der Waals surface area (Å²) in [6.07, 6.45) is -4.95. The van der Waals surface area contributed by atoms with Crippen LogP contribution in [0.4, 0.5) is 4.79 Å². The van der Waals surface area contributed by atoms with Gasteiger partial charge < -0.3 is 62.0 Å². The minimum absolute atomic E-state index is 0.0540. The molecule has 1 fully saturated rings. The molecule has 1 aromatic rings. The van der Waals surface area contributed by atoms with Gasteiger partial charge in [0.05, 0.1) is 18.9 Å². The van der Waals surface area contributed by atoms with E-state index >= 15 is 0 Å². The molecule has 2 rings (SSSR count). The molecule has 0 bridgehead atoms. The van der Waals surface area contributed by atoms with Crippen molar-refractivity contribution in [3.8, 4) is 0 Å². The molecule has 0 unspecified atom stereocenters. The molecular formula is C45H67N9O17. The normalized spacial score (nSPS) is 16.1. The minimum atomic E-state index is -1.98. The predicted octanol–water partition coefficient (Wildman–Crippen LogP) is -1.51. The molecule has 71 heavy (non-hydrogen) atoms. The van der Waals surface area contributed by atoms with E-state index in [1.807, 2.05) is 0 Å². The summed E-state index contributed by atoms with van der Waals surface area (Å²) in [5.74, 6) is -14.0. The monoisotopic (exact) mass is 1010 g/mol. The van der Waals surface area contributed by atoms with E-state index in [-0.39, 0.29) is 26.1 Å². The lowest BCUT2D eigenvalue weighted by atomic mass is 9.98. The van der Waals surface area contributed by atoms with Gasteiger partial charge in [0.15, 0.2) is 0 Å². The summed E-state index contributed by atoms with van der Waals surface area (Å²) in [6.45, 7) is 10.3. The van der Waals surface area contributed by atoms with E-state index < -0.39 is 157 Å². The van der Waals surface area contributed by atoms with Gasteiger partial charge in [0, 0.05) is 26.4 Å². The van der Waals surface area contributed by atoms with Crippen LogP contribution < -0.4 is 37.3 Å². The van der Waals surface area contributed by atoms with Gasteiger partial charge in [-0.2, -0.15) is 0 Å². The first-order valence-electron chi connectivity index (χ1n) is 23.0. The molecule has 26 heteroatoms. The molecule has 0 aromatic heterocycles. The number of likely N-dealkylation sites (tertiary alicyclic amines) is 1. The molecule has 1 aliphatic rings. The van der Waals surface area contributed by atoms with Crippen LogP contribution in [0.2, 0.25) is 0 Å². The van der Waals surface area contributed by atoms with Crippen LogP contribution in [0.5, 0.6) is 0 Å². The first kappa shape index (κ1) is 59.7. The zero-order valence-electron chi connectivity index (χ0n) is 40.7. The Morgan fingerprint density at radius 1 is 0.676 bits per heavy atom. The number of rotatable bonds is 27. The summed E-state index contributed by atoms with van der Waals surface area (Å²) < 4.78 is 5.39. The second kappa shape index (κ2) is 29.0. The van der Waals surface area contributed by atoms with Crippen molar-refractivity contribution in [1.82, 2.24) is 47.2 Å². The summed E-state index contributed by atoms with van der Waals surface area (Å²) in [5.41, 5.74) is 3.28. The predicted molar refractivity (Wildman–Crippen MR) is 246 cm³/mol. The first-order valence-corrected chi connectivity index (χ1v) is 23.0. The fourth-order valence-electron chi connectivity index (χ4n) is 7.19. The Balaban J connectivity index is 2.29. The molecule has 1 aromatic carbocycles. The Labute approximate surface area is 409 Å². The van der Waals surface area contributed by atoms with Crippen LogP contribution >= 0.6 is 0 Å². The summed E-state index contributed by atoms with van der Waals surface area (Å²) in [6, 6.07) is -2.40. The molecule has 9 amide bonds. The SMILES string of the molecule is CCCN(NC(=O)[C@@H]1CCCN1C(=O)[C@@H](NC(=O)[C@@H](NC(=O)[C@H](CC(=O)O)NC(=O)[C@H](CCC(=O)O)NC(=O)[C@@H](NC(=O)[C@H](CC(=O)O)NC(C)=O)[C@@H](C)O)C(C)C)C(C)C)C(=O)OCc1ccccc1. The molecule has 1 saturated heterocycles. The van der Waals surface area contributed by atoms with Crippen molar-refractivity contribution in [3.63, 3.8) is 0 Å². The van der Waals surface area contributed by atoms with E-state index in [4.69, 9.17) is 4.74 Å². The maximum absolute atomic E-state index is 14.2. The number of hydrogen-bond donors (Lipinski definition) is 11. The Kier molecular flexibility index (Phi) is 24.4. The highest BCUT2D eigenvalue weighted by atomic mass is 16.6. The molecule has 1 aliphatic heterocycles. The van der Waals surface area contributed by atoms with Crippen molar-refractivity contribution in [1.29, 1.82) is 0 Å². The topological polar surface area (TPSA) is 386 Å². The third kappa shape index (κ3) is 19.9. The van der Waals surface area contributed by atoms with Crippen molar-refractivity contribution >= 4 is 71.3 Å². The summed E-state index contributed by atoms with van der Waals surface area (Å²) >= 11 is 0. The number of carboxylic acids is 3. The number of ether oxygens (including phenoxy) is 1. The van der Waals surface area contributed by atoms with E-state index in [1.165, 1.54) is 18.7 Å². The van der Waals surface area contributed by atoms with E-state index in [0.29, 0.717) is 12.8 Å². The van der Waals surface area contributed by atoms with Gasteiger partial charge in [0.1, 0.15) is 48.9 Å². The van der Waals surface area contributed by atoms with Crippen molar-refractivity contribution < 1.29 is 82.7 Å². The largest absolute Gasteiger partial charge is 0.481 e. The maximum atomic E-state index is 14.2. The lowest BCUT2D eigenvalue weighted by Crippen LogP contribution is -2.62. The van der Waals surface area contributed by atoms with Gasteiger partial charge in [-0.1, -0.05) is 65.0 Å². The second-order valence-electron chi connectivity index (χ2n) is 17.5. The molecule has 26 nitrogen and oxygen atoms in total. The Morgan fingerprint density at radius 3 is 1.69 bits per heavy atom. The summed E-state index contributed by atoms with van der Waals surface area (Å²) in [5, 5.41) is 53.1. The number of aliphatic hydroxyl groups is 1. The molecule has 8 atom stereocenters. The van der Waals surface area contributed by atoms with Gasteiger partial charge >= 0.3 is 24.0 Å². The molecule has 0 radical (unpaired) electrons. The number of hydrogen-bond acceptors (Lipinski definition) is 14. The van der Waals surface area contributed by atoms with Gasteiger partial charge in [0.2, 0.25) is 41.4 Å². The number of nitrogens with one attached hydrogen (secondary N) is 7. The van der Waals surface area contributed by atoms with Crippen molar-refractivity contribution in [2.75, 3.05) is 13.1 Å². The third-order valence-corrected chi connectivity index (χ3v) is 10.9. The molecule has 11 N–H and O–H groups in total. The Bertz CT molecular complexity index is 2070. The highest BCUT2D eigenvalue weighted by Crippen LogP contribution is 2.21. The Hall–Kier alpha value is -7.38.